The molecule has 0 bridgehead atoms. The second kappa shape index (κ2) is 6.67. The highest BCUT2D eigenvalue weighted by Gasteiger charge is 2.59. The number of Topliss-reactive ketones (excluding diaryl/α,β-unsaturated/α-hetero) is 2. The fraction of sp³-hybridized carbons (Fsp3) is 0.467. The van der Waals surface area contributed by atoms with E-state index in [1.54, 1.807) is 27.7 Å². The van der Waals surface area contributed by atoms with Crippen LogP contribution in [0.4, 0.5) is 0 Å². The van der Waals surface area contributed by atoms with E-state index in [1.807, 2.05) is 0 Å². The van der Waals surface area contributed by atoms with Gasteiger partial charge >= 0.3 is 0 Å². The maximum absolute atomic E-state index is 13.8. The molecule has 0 unspecified atom stereocenters. The zero-order chi connectivity index (χ0) is 27.9. The SMILES string of the molecule is C[C@H]1O[C@H](C)[C@H]2O[C@@]3(O)CC(=O)c4c(O)c5c6c7c8c9c(c(O)c1c2c9c3c47)C(=O)C[C@]8(O)O[C@@H]6[C@@H](C)O[C@@H]5C. The molecular formula is C30H26O10. The molecule has 0 radical (unpaired) electrons. The molecule has 9 rings (SSSR count). The Bertz CT molecular complexity index is 1710. The van der Waals surface area contributed by atoms with Gasteiger partial charge in [0.1, 0.15) is 23.7 Å². The average Bonchev–Trinajstić information content (AvgIpc) is 2.85. The lowest BCUT2D eigenvalue weighted by Gasteiger charge is -2.52. The Kier molecular flexibility index (Phi) is 3.93. The van der Waals surface area contributed by atoms with Gasteiger partial charge in [-0.15, -0.1) is 0 Å². The number of ether oxygens (including phenoxy) is 4. The Labute approximate surface area is 227 Å². The quantitative estimate of drug-likeness (QED) is 0.305. The Hall–Kier alpha value is -3.12. The molecule has 8 atom stereocenters. The standard InChI is InChI=1S/C30H26O10/c1-7-13-21-19-17-15(25(13)33)11(31)5-30(36)24(17)20-18-16(26(34)14-8(2)38-10(4)28(40-30)22(14)20)12(32)6-29(35,23(18)19)39-27(21)9(3)37-7/h7-10,27-28,33-36H,5-6H2,1-4H3/t7-,8-,9-,10-,27-,28-,29+,30+/m1/s1. The summed E-state index contributed by atoms with van der Waals surface area (Å²) in [6.07, 6.45) is -5.02. The lowest BCUT2D eigenvalue weighted by atomic mass is 9.66. The van der Waals surface area contributed by atoms with Gasteiger partial charge in [0.15, 0.2) is 11.6 Å². The van der Waals surface area contributed by atoms with Crippen LogP contribution >= 0.6 is 0 Å². The fourth-order valence-corrected chi connectivity index (χ4v) is 8.67. The van der Waals surface area contributed by atoms with Crippen molar-refractivity contribution in [1.29, 1.82) is 0 Å². The van der Waals surface area contributed by atoms with Crippen LogP contribution in [0.2, 0.25) is 0 Å². The smallest absolute Gasteiger partial charge is 0.201 e. The molecule has 0 fully saturated rings. The summed E-state index contributed by atoms with van der Waals surface area (Å²) in [6.45, 7) is 7.10. The van der Waals surface area contributed by atoms with Crippen molar-refractivity contribution in [1.82, 2.24) is 0 Å². The summed E-state index contributed by atoms with van der Waals surface area (Å²) in [5.41, 5.74) is 2.40. The third kappa shape index (κ3) is 2.27. The van der Waals surface area contributed by atoms with E-state index in [4.69, 9.17) is 18.9 Å². The Morgan fingerprint density at radius 1 is 0.625 bits per heavy atom. The Morgan fingerprint density at radius 2 is 1.00 bits per heavy atom. The monoisotopic (exact) mass is 546 g/mol. The maximum atomic E-state index is 13.8. The van der Waals surface area contributed by atoms with Gasteiger partial charge < -0.3 is 39.4 Å². The van der Waals surface area contributed by atoms with Gasteiger partial charge in [0.05, 0.1) is 48.4 Å². The number of benzene rings is 3. The van der Waals surface area contributed by atoms with Crippen LogP contribution in [0.5, 0.6) is 11.5 Å². The molecule has 40 heavy (non-hydrogen) atoms. The predicted octanol–water partition coefficient (Wildman–Crippen LogP) is 3.97. The molecule has 3 aromatic rings. The molecule has 4 heterocycles. The zero-order valence-corrected chi connectivity index (χ0v) is 22.1. The number of hydrogen-bond donors (Lipinski definition) is 4. The van der Waals surface area contributed by atoms with E-state index in [9.17, 15) is 30.0 Å². The molecule has 206 valence electrons. The summed E-state index contributed by atoms with van der Waals surface area (Å²) in [7, 11) is 0. The van der Waals surface area contributed by atoms with E-state index in [-0.39, 0.29) is 44.5 Å². The summed E-state index contributed by atoms with van der Waals surface area (Å²) in [4.78, 5) is 27.6. The molecular weight excluding hydrogens is 520 g/mol. The van der Waals surface area contributed by atoms with Gasteiger partial charge in [-0.25, -0.2) is 0 Å². The van der Waals surface area contributed by atoms with Gasteiger partial charge in [0, 0.05) is 44.2 Å². The van der Waals surface area contributed by atoms with Crippen molar-refractivity contribution in [3.8, 4) is 11.5 Å². The van der Waals surface area contributed by atoms with E-state index in [0.717, 1.165) is 0 Å². The van der Waals surface area contributed by atoms with Crippen molar-refractivity contribution >= 4 is 33.1 Å². The normalized spacial score (nSPS) is 38.1. The highest BCUT2D eigenvalue weighted by Crippen LogP contribution is 2.66. The van der Waals surface area contributed by atoms with Gasteiger partial charge in [-0.2, -0.15) is 0 Å². The lowest BCUT2D eigenvalue weighted by Crippen LogP contribution is -2.48. The first kappa shape index (κ1) is 23.6. The van der Waals surface area contributed by atoms with Crippen LogP contribution in [0, 0.1) is 0 Å². The average molecular weight is 547 g/mol. The third-order valence-electron chi connectivity index (χ3n) is 9.96. The zero-order valence-electron chi connectivity index (χ0n) is 22.1. The van der Waals surface area contributed by atoms with Crippen LogP contribution in [-0.2, 0) is 30.5 Å². The van der Waals surface area contributed by atoms with Crippen LogP contribution in [-0.4, -0.2) is 44.2 Å². The third-order valence-corrected chi connectivity index (χ3v) is 9.96. The second-order valence-electron chi connectivity index (χ2n) is 12.2. The van der Waals surface area contributed by atoms with Crippen LogP contribution in [0.1, 0.15) is 119 Å². The van der Waals surface area contributed by atoms with E-state index >= 15 is 0 Å². The largest absolute Gasteiger partial charge is 0.507 e. The molecule has 0 saturated carbocycles. The minimum Gasteiger partial charge on any atom is -0.507 e. The van der Waals surface area contributed by atoms with Crippen molar-refractivity contribution in [2.75, 3.05) is 0 Å². The van der Waals surface area contributed by atoms with Gasteiger partial charge in [-0.1, -0.05) is 0 Å². The van der Waals surface area contributed by atoms with Crippen LogP contribution < -0.4 is 0 Å². The number of aromatic hydroxyl groups is 2. The summed E-state index contributed by atoms with van der Waals surface area (Å²) in [6, 6.07) is 0. The molecule has 10 nitrogen and oxygen atoms in total. The highest BCUT2D eigenvalue weighted by atomic mass is 16.7. The first-order chi connectivity index (χ1) is 18.9. The van der Waals surface area contributed by atoms with E-state index in [2.05, 4.69) is 0 Å². The van der Waals surface area contributed by atoms with Crippen LogP contribution in [0.15, 0.2) is 0 Å². The van der Waals surface area contributed by atoms with Crippen molar-refractivity contribution in [3.05, 3.63) is 44.5 Å². The van der Waals surface area contributed by atoms with Gasteiger partial charge in [-0.3, -0.25) is 9.59 Å². The molecule has 0 saturated heterocycles. The van der Waals surface area contributed by atoms with Gasteiger partial charge in [-0.05, 0) is 38.5 Å². The summed E-state index contributed by atoms with van der Waals surface area (Å²) in [5.74, 6) is -5.73. The first-order valence-electron chi connectivity index (χ1n) is 13.7. The number of phenolic OH excluding ortho intramolecular Hbond substituents is 2. The van der Waals surface area contributed by atoms with E-state index < -0.39 is 72.6 Å². The number of carbonyl (C=O) groups is 2. The minimum atomic E-state index is -2.10. The predicted molar refractivity (Wildman–Crippen MR) is 136 cm³/mol. The van der Waals surface area contributed by atoms with Crippen LogP contribution in [0.25, 0.3) is 21.5 Å². The van der Waals surface area contributed by atoms with Crippen molar-refractivity contribution in [2.24, 2.45) is 0 Å². The maximum Gasteiger partial charge on any atom is 0.201 e. The van der Waals surface area contributed by atoms with Gasteiger partial charge in [0.25, 0.3) is 0 Å². The summed E-state index contributed by atoms with van der Waals surface area (Å²) in [5, 5.41) is 49.1. The van der Waals surface area contributed by atoms with Gasteiger partial charge in [0.2, 0.25) is 11.6 Å². The van der Waals surface area contributed by atoms with Crippen molar-refractivity contribution in [3.63, 3.8) is 0 Å². The molecule has 10 heteroatoms. The van der Waals surface area contributed by atoms with E-state index in [0.29, 0.717) is 33.0 Å². The summed E-state index contributed by atoms with van der Waals surface area (Å²) < 4.78 is 24.8. The topological polar surface area (TPSA) is 152 Å². The molecule has 2 aliphatic carbocycles. The lowest BCUT2D eigenvalue weighted by molar-refractivity contribution is -0.271. The number of rotatable bonds is 0. The molecule has 4 aliphatic heterocycles. The summed E-state index contributed by atoms with van der Waals surface area (Å²) >= 11 is 0. The Morgan fingerprint density at radius 3 is 1.38 bits per heavy atom. The molecule has 4 N–H and O–H groups in total. The first-order valence-corrected chi connectivity index (χ1v) is 13.7. The second-order valence-corrected chi connectivity index (χ2v) is 12.2. The number of carbonyl (C=O) groups excluding carboxylic acids is 2. The fourth-order valence-electron chi connectivity index (χ4n) is 8.67. The number of aliphatic hydroxyl groups is 2. The van der Waals surface area contributed by atoms with Crippen LogP contribution in [0.3, 0.4) is 0 Å². The van der Waals surface area contributed by atoms with E-state index in [1.165, 1.54) is 0 Å². The number of ketones is 2. The Balaban J connectivity index is 1.66. The van der Waals surface area contributed by atoms with Crippen molar-refractivity contribution < 1.29 is 49.0 Å². The minimum absolute atomic E-state index is 0.0232. The molecule has 6 aliphatic rings. The molecule has 3 aromatic carbocycles. The molecule has 0 spiro atoms. The van der Waals surface area contributed by atoms with Crippen molar-refractivity contribution in [2.45, 2.75) is 88.7 Å². The molecule has 0 aromatic heterocycles. The highest BCUT2D eigenvalue weighted by molar-refractivity contribution is 6.26. The molecule has 0 amide bonds. The number of hydrogen-bond acceptors (Lipinski definition) is 10. The number of phenols is 2.